The van der Waals surface area contributed by atoms with E-state index in [2.05, 4.69) is 15.4 Å². The molecule has 26 heavy (non-hydrogen) atoms. The molecule has 0 heterocycles. The summed E-state index contributed by atoms with van der Waals surface area (Å²) in [6, 6.07) is 12.7. The first-order chi connectivity index (χ1) is 12.2. The molecular formula is C17H18ClN3O4S. The number of sulfonamides is 1. The van der Waals surface area contributed by atoms with Gasteiger partial charge in [-0.2, -0.15) is 0 Å². The number of benzene rings is 2. The van der Waals surface area contributed by atoms with Crippen LogP contribution in [0.1, 0.15) is 17.3 Å². The van der Waals surface area contributed by atoms with Crippen molar-refractivity contribution >= 4 is 44.8 Å². The van der Waals surface area contributed by atoms with Crippen LogP contribution in [0.25, 0.3) is 0 Å². The van der Waals surface area contributed by atoms with Crippen LogP contribution in [-0.4, -0.2) is 32.5 Å². The van der Waals surface area contributed by atoms with E-state index in [1.165, 1.54) is 19.1 Å². The molecule has 9 heteroatoms. The number of amides is 2. The van der Waals surface area contributed by atoms with Gasteiger partial charge in [0.05, 0.1) is 11.4 Å². The number of carbonyl (C=O) groups is 2. The molecule has 0 unspecified atom stereocenters. The zero-order valence-electron chi connectivity index (χ0n) is 14.0. The summed E-state index contributed by atoms with van der Waals surface area (Å²) < 4.78 is 26.7. The minimum absolute atomic E-state index is 0.0634. The van der Waals surface area contributed by atoms with Crippen LogP contribution >= 0.6 is 11.6 Å². The van der Waals surface area contributed by atoms with Gasteiger partial charge in [-0.1, -0.05) is 23.7 Å². The van der Waals surface area contributed by atoms with Crippen molar-refractivity contribution in [2.45, 2.75) is 6.92 Å². The third kappa shape index (κ3) is 6.38. The highest BCUT2D eigenvalue weighted by molar-refractivity contribution is 7.92. The summed E-state index contributed by atoms with van der Waals surface area (Å²) in [6.45, 7) is 1.30. The first-order valence-electron chi connectivity index (χ1n) is 7.67. The zero-order valence-corrected chi connectivity index (χ0v) is 15.5. The largest absolute Gasteiger partial charge is 0.351 e. The molecular weight excluding hydrogens is 378 g/mol. The van der Waals surface area contributed by atoms with Crippen molar-refractivity contribution in [2.75, 3.05) is 22.3 Å². The molecule has 0 bridgehead atoms. The normalized spacial score (nSPS) is 10.8. The topological polar surface area (TPSA) is 104 Å². The van der Waals surface area contributed by atoms with Crippen molar-refractivity contribution in [1.29, 1.82) is 0 Å². The lowest BCUT2D eigenvalue weighted by Crippen LogP contribution is -2.31. The molecule has 2 aromatic carbocycles. The Balaban J connectivity index is 1.91. The number of hydrogen-bond donors (Lipinski definition) is 3. The van der Waals surface area contributed by atoms with E-state index in [4.69, 9.17) is 11.6 Å². The van der Waals surface area contributed by atoms with Crippen LogP contribution in [0, 0.1) is 0 Å². The van der Waals surface area contributed by atoms with Crippen LogP contribution in [0.3, 0.4) is 0 Å². The Bertz CT molecular complexity index is 916. The molecule has 0 saturated heterocycles. The van der Waals surface area contributed by atoms with E-state index < -0.39 is 15.9 Å². The van der Waals surface area contributed by atoms with E-state index >= 15 is 0 Å². The van der Waals surface area contributed by atoms with Gasteiger partial charge in [0.1, 0.15) is 0 Å². The summed E-state index contributed by atoms with van der Waals surface area (Å²) in [4.78, 5) is 23.0. The van der Waals surface area contributed by atoms with Gasteiger partial charge >= 0.3 is 0 Å². The minimum Gasteiger partial charge on any atom is -0.351 e. The van der Waals surface area contributed by atoms with E-state index in [-0.39, 0.29) is 18.2 Å². The van der Waals surface area contributed by atoms with Gasteiger partial charge < -0.3 is 10.6 Å². The highest BCUT2D eigenvalue weighted by Crippen LogP contribution is 2.16. The van der Waals surface area contributed by atoms with E-state index in [0.717, 1.165) is 0 Å². The van der Waals surface area contributed by atoms with E-state index in [1.54, 1.807) is 36.4 Å². The fraction of sp³-hybridized carbons (Fsp3) is 0.176. The lowest BCUT2D eigenvalue weighted by atomic mass is 10.2. The van der Waals surface area contributed by atoms with E-state index in [9.17, 15) is 18.0 Å². The fourth-order valence-electron chi connectivity index (χ4n) is 2.12. The van der Waals surface area contributed by atoms with Gasteiger partial charge in [0.2, 0.25) is 15.9 Å². The third-order valence-electron chi connectivity index (χ3n) is 3.20. The first-order valence-corrected chi connectivity index (χ1v) is 9.70. The van der Waals surface area contributed by atoms with Gasteiger partial charge in [-0.15, -0.1) is 0 Å². The molecule has 7 nitrogen and oxygen atoms in total. The van der Waals surface area contributed by atoms with Crippen LogP contribution in [-0.2, 0) is 14.8 Å². The maximum Gasteiger partial charge on any atom is 0.251 e. The molecule has 0 aromatic heterocycles. The smallest absolute Gasteiger partial charge is 0.251 e. The zero-order chi connectivity index (χ0) is 19.2. The Kier molecular flexibility index (Phi) is 6.59. The highest BCUT2D eigenvalue weighted by Gasteiger charge is 2.12. The van der Waals surface area contributed by atoms with Gasteiger partial charge in [0, 0.05) is 29.7 Å². The van der Waals surface area contributed by atoms with Crippen LogP contribution in [0.5, 0.6) is 0 Å². The molecule has 0 fully saturated rings. The number of carbonyl (C=O) groups excluding carboxylic acids is 2. The summed E-state index contributed by atoms with van der Waals surface area (Å²) in [6.07, 6.45) is 0. The molecule has 0 spiro atoms. The molecule has 0 aliphatic rings. The second kappa shape index (κ2) is 8.68. The summed E-state index contributed by atoms with van der Waals surface area (Å²) in [5, 5.41) is 5.52. The van der Waals surface area contributed by atoms with Crippen molar-refractivity contribution in [3.8, 4) is 0 Å². The second-order valence-electron chi connectivity index (χ2n) is 5.45. The number of anilines is 2. The Morgan fingerprint density at radius 2 is 1.73 bits per heavy atom. The molecule has 138 valence electrons. The molecule has 2 rings (SSSR count). The van der Waals surface area contributed by atoms with E-state index in [0.29, 0.717) is 22.0 Å². The van der Waals surface area contributed by atoms with Crippen molar-refractivity contribution in [2.24, 2.45) is 0 Å². The number of nitrogens with one attached hydrogen (secondary N) is 3. The quantitative estimate of drug-likeness (QED) is 0.669. The van der Waals surface area contributed by atoms with Crippen molar-refractivity contribution in [3.05, 3.63) is 59.1 Å². The Hall–Kier alpha value is -2.58. The predicted molar refractivity (Wildman–Crippen MR) is 102 cm³/mol. The molecule has 0 aliphatic heterocycles. The van der Waals surface area contributed by atoms with Gasteiger partial charge in [-0.3, -0.25) is 14.3 Å². The monoisotopic (exact) mass is 395 g/mol. The van der Waals surface area contributed by atoms with Crippen LogP contribution < -0.4 is 15.4 Å². The standard InChI is InChI=1S/C17H18ClN3O4S/c1-12(22)20-15-6-3-7-16(11-15)21-26(24,25)9-8-19-17(23)13-4-2-5-14(18)10-13/h2-7,10-11,21H,8-9H2,1H3,(H,19,23)(H,20,22). The summed E-state index contributed by atoms with van der Waals surface area (Å²) in [5.74, 6) is -0.965. The maximum atomic E-state index is 12.1. The predicted octanol–water partition coefficient (Wildman–Crippen LogP) is 2.47. The number of halogens is 1. The fourth-order valence-corrected chi connectivity index (χ4v) is 3.27. The average Bonchev–Trinajstić information content (AvgIpc) is 2.53. The third-order valence-corrected chi connectivity index (χ3v) is 4.72. The molecule has 2 aromatic rings. The minimum atomic E-state index is -3.67. The Labute approximate surface area is 156 Å². The molecule has 0 saturated carbocycles. The van der Waals surface area contributed by atoms with E-state index in [1.807, 2.05) is 0 Å². The molecule has 0 radical (unpaired) electrons. The molecule has 2 amide bonds. The van der Waals surface area contributed by atoms with Crippen LogP contribution in [0.2, 0.25) is 5.02 Å². The average molecular weight is 396 g/mol. The van der Waals surface area contributed by atoms with Crippen LogP contribution in [0.4, 0.5) is 11.4 Å². The highest BCUT2D eigenvalue weighted by atomic mass is 35.5. The van der Waals surface area contributed by atoms with Gasteiger partial charge in [-0.25, -0.2) is 8.42 Å². The second-order valence-corrected chi connectivity index (χ2v) is 7.73. The Morgan fingerprint density at radius 1 is 1.04 bits per heavy atom. The molecule has 3 N–H and O–H groups in total. The molecule has 0 aliphatic carbocycles. The first kappa shape index (κ1) is 19.7. The summed E-state index contributed by atoms with van der Waals surface area (Å²) >= 11 is 5.82. The SMILES string of the molecule is CC(=O)Nc1cccc(NS(=O)(=O)CCNC(=O)c2cccc(Cl)c2)c1. The van der Waals surface area contributed by atoms with Gasteiger partial charge in [0.15, 0.2) is 0 Å². The summed E-state index contributed by atoms with van der Waals surface area (Å²) in [7, 11) is -3.67. The van der Waals surface area contributed by atoms with Crippen LogP contribution in [0.15, 0.2) is 48.5 Å². The van der Waals surface area contributed by atoms with Crippen molar-refractivity contribution in [3.63, 3.8) is 0 Å². The van der Waals surface area contributed by atoms with Crippen molar-refractivity contribution < 1.29 is 18.0 Å². The lowest BCUT2D eigenvalue weighted by Gasteiger charge is -2.10. The van der Waals surface area contributed by atoms with Gasteiger partial charge in [-0.05, 0) is 36.4 Å². The number of hydrogen-bond acceptors (Lipinski definition) is 4. The number of rotatable bonds is 7. The molecule has 0 atom stereocenters. The summed E-state index contributed by atoms with van der Waals surface area (Å²) in [5.41, 5.74) is 1.15. The Morgan fingerprint density at radius 3 is 2.42 bits per heavy atom. The maximum absolute atomic E-state index is 12.1. The van der Waals surface area contributed by atoms with Gasteiger partial charge in [0.25, 0.3) is 5.91 Å². The lowest BCUT2D eigenvalue weighted by molar-refractivity contribution is -0.114. The van der Waals surface area contributed by atoms with Crippen molar-refractivity contribution in [1.82, 2.24) is 5.32 Å².